The standard InChI is InChI=1S/C24H39N5O3/c1-4-6-11-17-28-19(14-15-20(30)27(3)18-12-9-8-10-13-18)25-22-21(28)23(31)26-24(32)29(22)16-7-5-2/h18H,4-17H2,1-3H3,(H,26,31,32). The smallest absolute Gasteiger partial charge is 0.330 e. The summed E-state index contributed by atoms with van der Waals surface area (Å²) in [6.45, 7) is 5.40. The number of fused-ring (bicyclic) bond motifs is 1. The molecule has 0 aromatic carbocycles. The van der Waals surface area contributed by atoms with E-state index in [-0.39, 0.29) is 5.91 Å². The first-order valence-corrected chi connectivity index (χ1v) is 12.5. The van der Waals surface area contributed by atoms with Crippen LogP contribution in [0.15, 0.2) is 9.59 Å². The Kier molecular flexibility index (Phi) is 8.70. The second kappa shape index (κ2) is 11.5. The number of H-pyrrole nitrogens is 1. The van der Waals surface area contributed by atoms with Crippen LogP contribution in [0.2, 0.25) is 0 Å². The van der Waals surface area contributed by atoms with Gasteiger partial charge in [-0.25, -0.2) is 9.78 Å². The van der Waals surface area contributed by atoms with Gasteiger partial charge in [-0.1, -0.05) is 52.4 Å². The summed E-state index contributed by atoms with van der Waals surface area (Å²) in [5, 5.41) is 0. The van der Waals surface area contributed by atoms with Crippen molar-refractivity contribution in [3.8, 4) is 0 Å². The molecule has 8 nitrogen and oxygen atoms in total. The number of aromatic amines is 1. The number of rotatable bonds is 11. The molecule has 1 aliphatic rings. The van der Waals surface area contributed by atoms with Crippen molar-refractivity contribution >= 4 is 17.1 Å². The van der Waals surface area contributed by atoms with Crippen LogP contribution in [0.4, 0.5) is 0 Å². The van der Waals surface area contributed by atoms with Crippen molar-refractivity contribution in [3.63, 3.8) is 0 Å². The molecule has 0 radical (unpaired) electrons. The van der Waals surface area contributed by atoms with Crippen molar-refractivity contribution in [1.29, 1.82) is 0 Å². The van der Waals surface area contributed by atoms with E-state index >= 15 is 0 Å². The van der Waals surface area contributed by atoms with E-state index in [4.69, 9.17) is 4.98 Å². The van der Waals surface area contributed by atoms with Crippen molar-refractivity contribution < 1.29 is 4.79 Å². The maximum Gasteiger partial charge on any atom is 0.330 e. The first kappa shape index (κ1) is 24.3. The van der Waals surface area contributed by atoms with Gasteiger partial charge in [-0.15, -0.1) is 0 Å². The number of carbonyl (C=O) groups is 1. The van der Waals surface area contributed by atoms with Crippen LogP contribution in [0.25, 0.3) is 11.2 Å². The van der Waals surface area contributed by atoms with E-state index < -0.39 is 11.2 Å². The SMILES string of the molecule is CCCCCn1c(CCC(=O)N(C)C2CCCCC2)nc2c1c(=O)[nH]c(=O)n2CCCC. The molecule has 0 aliphatic heterocycles. The molecule has 3 rings (SSSR count). The van der Waals surface area contributed by atoms with Crippen LogP contribution in [-0.2, 0) is 24.3 Å². The van der Waals surface area contributed by atoms with Crippen molar-refractivity contribution in [1.82, 2.24) is 24.0 Å². The lowest BCUT2D eigenvalue weighted by Crippen LogP contribution is -2.38. The van der Waals surface area contributed by atoms with E-state index in [9.17, 15) is 14.4 Å². The first-order valence-electron chi connectivity index (χ1n) is 12.5. The molecule has 1 amide bonds. The van der Waals surface area contributed by atoms with Crippen molar-refractivity contribution in [2.45, 2.75) is 110 Å². The van der Waals surface area contributed by atoms with Crippen molar-refractivity contribution in [2.75, 3.05) is 7.05 Å². The van der Waals surface area contributed by atoms with E-state index in [0.717, 1.165) is 50.8 Å². The number of hydrogen-bond donors (Lipinski definition) is 1. The van der Waals surface area contributed by atoms with Gasteiger partial charge in [0.05, 0.1) is 0 Å². The molecule has 1 saturated carbocycles. The predicted molar refractivity (Wildman–Crippen MR) is 127 cm³/mol. The van der Waals surface area contributed by atoms with Crippen LogP contribution >= 0.6 is 0 Å². The molecular formula is C24H39N5O3. The highest BCUT2D eigenvalue weighted by Crippen LogP contribution is 2.22. The Balaban J connectivity index is 1.89. The zero-order valence-electron chi connectivity index (χ0n) is 20.0. The molecule has 0 atom stereocenters. The van der Waals surface area contributed by atoms with Gasteiger partial charge in [0.2, 0.25) is 5.91 Å². The zero-order chi connectivity index (χ0) is 23.1. The van der Waals surface area contributed by atoms with Gasteiger partial charge in [0.15, 0.2) is 11.2 Å². The minimum absolute atomic E-state index is 0.126. The molecule has 0 bridgehead atoms. The van der Waals surface area contributed by atoms with E-state index in [0.29, 0.717) is 43.1 Å². The largest absolute Gasteiger partial charge is 0.343 e. The molecule has 2 aromatic rings. The summed E-state index contributed by atoms with van der Waals surface area (Å²) in [6.07, 6.45) is 11.5. The Labute approximate surface area is 190 Å². The van der Waals surface area contributed by atoms with Crippen molar-refractivity contribution in [2.24, 2.45) is 0 Å². The molecule has 0 saturated heterocycles. The monoisotopic (exact) mass is 445 g/mol. The molecule has 1 N–H and O–H groups in total. The van der Waals surface area contributed by atoms with E-state index in [2.05, 4.69) is 18.8 Å². The molecule has 1 aliphatic carbocycles. The highest BCUT2D eigenvalue weighted by molar-refractivity contribution is 5.77. The lowest BCUT2D eigenvalue weighted by molar-refractivity contribution is -0.132. The normalized spacial score (nSPS) is 14.8. The number of aromatic nitrogens is 4. The molecule has 2 heterocycles. The van der Waals surface area contributed by atoms with Gasteiger partial charge in [-0.05, 0) is 25.7 Å². The third-order valence-electron chi connectivity index (χ3n) is 6.76. The van der Waals surface area contributed by atoms with E-state index in [1.165, 1.54) is 19.3 Å². The molecule has 8 heteroatoms. The Morgan fingerprint density at radius 1 is 1.03 bits per heavy atom. The molecule has 32 heavy (non-hydrogen) atoms. The highest BCUT2D eigenvalue weighted by Gasteiger charge is 2.23. The summed E-state index contributed by atoms with van der Waals surface area (Å²) in [5.74, 6) is 0.851. The number of imidazole rings is 1. The average molecular weight is 446 g/mol. The zero-order valence-corrected chi connectivity index (χ0v) is 20.0. The third-order valence-corrected chi connectivity index (χ3v) is 6.76. The fraction of sp³-hybridized carbons (Fsp3) is 0.750. The van der Waals surface area contributed by atoms with Gasteiger partial charge in [0.1, 0.15) is 5.82 Å². The fourth-order valence-corrected chi connectivity index (χ4v) is 4.76. The minimum Gasteiger partial charge on any atom is -0.343 e. The third kappa shape index (κ3) is 5.51. The summed E-state index contributed by atoms with van der Waals surface area (Å²) in [5.41, 5.74) is 0.110. The van der Waals surface area contributed by atoms with E-state index in [1.54, 1.807) is 4.57 Å². The number of aryl methyl sites for hydroxylation is 3. The van der Waals surface area contributed by atoms with Gasteiger partial charge in [-0.2, -0.15) is 0 Å². The number of unbranched alkanes of at least 4 members (excludes halogenated alkanes) is 3. The minimum atomic E-state index is -0.409. The summed E-state index contributed by atoms with van der Waals surface area (Å²) < 4.78 is 3.52. The van der Waals surface area contributed by atoms with Gasteiger partial charge < -0.3 is 9.47 Å². The first-order chi connectivity index (χ1) is 15.5. The summed E-state index contributed by atoms with van der Waals surface area (Å²) >= 11 is 0. The molecular weight excluding hydrogens is 406 g/mol. The topological polar surface area (TPSA) is 93.0 Å². The Morgan fingerprint density at radius 2 is 1.72 bits per heavy atom. The number of nitrogens with zero attached hydrogens (tertiary/aromatic N) is 4. The summed E-state index contributed by atoms with van der Waals surface area (Å²) in [7, 11) is 1.91. The number of carbonyl (C=O) groups excluding carboxylic acids is 1. The maximum atomic E-state index is 12.9. The molecule has 1 fully saturated rings. The van der Waals surface area contributed by atoms with Gasteiger partial charge in [0, 0.05) is 39.0 Å². The predicted octanol–water partition coefficient (Wildman–Crippen LogP) is 3.60. The maximum absolute atomic E-state index is 12.9. The van der Waals surface area contributed by atoms with Crippen LogP contribution in [-0.4, -0.2) is 43.0 Å². The molecule has 2 aromatic heterocycles. The number of nitrogens with one attached hydrogen (secondary N) is 1. The quantitative estimate of drug-likeness (QED) is 0.535. The van der Waals surface area contributed by atoms with E-state index in [1.807, 2.05) is 16.5 Å². The second-order valence-electron chi connectivity index (χ2n) is 9.12. The highest BCUT2D eigenvalue weighted by atomic mass is 16.2. The van der Waals surface area contributed by atoms with Gasteiger partial charge >= 0.3 is 5.69 Å². The van der Waals surface area contributed by atoms with Crippen LogP contribution < -0.4 is 11.2 Å². The lowest BCUT2D eigenvalue weighted by atomic mass is 9.94. The lowest BCUT2D eigenvalue weighted by Gasteiger charge is -2.31. The average Bonchev–Trinajstić information content (AvgIpc) is 3.16. The Morgan fingerprint density at radius 3 is 2.41 bits per heavy atom. The molecule has 178 valence electrons. The number of hydrogen-bond acceptors (Lipinski definition) is 4. The summed E-state index contributed by atoms with van der Waals surface area (Å²) in [4.78, 5) is 47.2. The summed E-state index contributed by atoms with van der Waals surface area (Å²) in [6, 6.07) is 0.335. The van der Waals surface area contributed by atoms with Crippen molar-refractivity contribution in [3.05, 3.63) is 26.7 Å². The second-order valence-corrected chi connectivity index (χ2v) is 9.12. The Bertz CT molecular complexity index is 1010. The fourth-order valence-electron chi connectivity index (χ4n) is 4.76. The van der Waals surface area contributed by atoms with Gasteiger partial charge in [-0.3, -0.25) is 19.1 Å². The molecule has 0 unspecified atom stereocenters. The Hall–Kier alpha value is -2.38. The van der Waals surface area contributed by atoms with Crippen LogP contribution in [0.5, 0.6) is 0 Å². The van der Waals surface area contributed by atoms with Crippen LogP contribution in [0, 0.1) is 0 Å². The van der Waals surface area contributed by atoms with Crippen LogP contribution in [0.3, 0.4) is 0 Å². The van der Waals surface area contributed by atoms with Gasteiger partial charge in [0.25, 0.3) is 5.56 Å². The molecule has 0 spiro atoms. The number of amides is 1. The van der Waals surface area contributed by atoms with Crippen LogP contribution in [0.1, 0.15) is 90.3 Å².